The first-order valence-electron chi connectivity index (χ1n) is 3.77. The summed E-state index contributed by atoms with van der Waals surface area (Å²) in [6, 6.07) is 0.529. The minimum atomic E-state index is 0.102. The first-order chi connectivity index (χ1) is 4.74. The van der Waals surface area contributed by atoms with Crippen molar-refractivity contribution in [3.8, 4) is 0 Å². The van der Waals surface area contributed by atoms with Crippen LogP contribution < -0.4 is 5.32 Å². The molecule has 0 aromatic carbocycles. The van der Waals surface area contributed by atoms with E-state index in [1.54, 1.807) is 0 Å². The van der Waals surface area contributed by atoms with E-state index in [4.69, 9.17) is 4.74 Å². The van der Waals surface area contributed by atoms with E-state index < -0.39 is 0 Å². The molecule has 0 aromatic rings. The molecule has 2 unspecified atom stereocenters. The molecule has 1 aliphatic rings. The van der Waals surface area contributed by atoms with E-state index in [0.717, 1.165) is 18.6 Å². The zero-order chi connectivity index (χ0) is 7.56. The second-order valence-corrected chi connectivity index (χ2v) is 2.83. The van der Waals surface area contributed by atoms with E-state index >= 15 is 0 Å². The van der Waals surface area contributed by atoms with Crippen LogP contribution in [-0.4, -0.2) is 18.9 Å². The summed E-state index contributed by atoms with van der Waals surface area (Å²) in [5.74, 6) is 0. The lowest BCUT2D eigenvalue weighted by Crippen LogP contribution is -2.30. The van der Waals surface area contributed by atoms with Gasteiger partial charge in [-0.05, 0) is 18.9 Å². The molecular formula is C8H15NO. The van der Waals surface area contributed by atoms with Gasteiger partial charge in [0.15, 0.2) is 0 Å². The standard InChI is InChI=1S/C8H15NO/c1-4-7-5-10-8(9-7)6(2)3/h7-9H,2,4-5H2,1,3H3. The molecule has 1 aliphatic heterocycles. The van der Waals surface area contributed by atoms with Crippen molar-refractivity contribution in [2.75, 3.05) is 6.61 Å². The highest BCUT2D eigenvalue weighted by molar-refractivity contribution is 4.99. The molecule has 1 saturated heterocycles. The molecule has 2 heteroatoms. The quantitative estimate of drug-likeness (QED) is 0.585. The fourth-order valence-corrected chi connectivity index (χ4v) is 1.04. The first kappa shape index (κ1) is 7.76. The van der Waals surface area contributed by atoms with Crippen LogP contribution in [0.15, 0.2) is 12.2 Å². The lowest BCUT2D eigenvalue weighted by atomic mass is 10.2. The van der Waals surface area contributed by atoms with Gasteiger partial charge in [0, 0.05) is 6.04 Å². The number of rotatable bonds is 2. The van der Waals surface area contributed by atoms with Gasteiger partial charge in [0.25, 0.3) is 0 Å². The predicted octanol–water partition coefficient (Wildman–Crippen LogP) is 1.29. The molecule has 1 fully saturated rings. The monoisotopic (exact) mass is 141 g/mol. The molecule has 58 valence electrons. The highest BCUT2D eigenvalue weighted by Crippen LogP contribution is 2.10. The van der Waals surface area contributed by atoms with E-state index in [1.807, 2.05) is 6.92 Å². The van der Waals surface area contributed by atoms with Gasteiger partial charge in [0.2, 0.25) is 0 Å². The van der Waals surface area contributed by atoms with Crippen molar-refractivity contribution in [2.24, 2.45) is 0 Å². The minimum absolute atomic E-state index is 0.102. The molecule has 2 atom stereocenters. The number of hydrogen-bond donors (Lipinski definition) is 1. The normalized spacial score (nSPS) is 32.6. The molecule has 0 spiro atoms. The Morgan fingerprint density at radius 1 is 1.80 bits per heavy atom. The summed E-state index contributed by atoms with van der Waals surface area (Å²) in [6.45, 7) is 8.78. The molecule has 0 bridgehead atoms. The third-order valence-electron chi connectivity index (χ3n) is 1.79. The van der Waals surface area contributed by atoms with Crippen molar-refractivity contribution in [2.45, 2.75) is 32.5 Å². The summed E-state index contributed by atoms with van der Waals surface area (Å²) >= 11 is 0. The van der Waals surface area contributed by atoms with Gasteiger partial charge in [-0.1, -0.05) is 13.5 Å². The van der Waals surface area contributed by atoms with E-state index in [9.17, 15) is 0 Å². The van der Waals surface area contributed by atoms with E-state index in [2.05, 4.69) is 18.8 Å². The molecule has 0 aliphatic carbocycles. The summed E-state index contributed by atoms with van der Waals surface area (Å²) in [6.07, 6.45) is 1.23. The van der Waals surface area contributed by atoms with Crippen LogP contribution in [0.4, 0.5) is 0 Å². The van der Waals surface area contributed by atoms with Gasteiger partial charge in [0.05, 0.1) is 6.61 Å². The largest absolute Gasteiger partial charge is 0.358 e. The lowest BCUT2D eigenvalue weighted by molar-refractivity contribution is 0.127. The van der Waals surface area contributed by atoms with Gasteiger partial charge in [-0.3, -0.25) is 5.32 Å². The molecule has 0 aromatic heterocycles. The van der Waals surface area contributed by atoms with Crippen molar-refractivity contribution in [3.05, 3.63) is 12.2 Å². The van der Waals surface area contributed by atoms with Crippen molar-refractivity contribution in [3.63, 3.8) is 0 Å². The van der Waals surface area contributed by atoms with Crippen LogP contribution in [0.3, 0.4) is 0 Å². The van der Waals surface area contributed by atoms with Crippen LogP contribution in [0.1, 0.15) is 20.3 Å². The second-order valence-electron chi connectivity index (χ2n) is 2.83. The Hall–Kier alpha value is -0.340. The average molecular weight is 141 g/mol. The first-order valence-corrected chi connectivity index (χ1v) is 3.77. The third-order valence-corrected chi connectivity index (χ3v) is 1.79. The zero-order valence-electron chi connectivity index (χ0n) is 6.68. The van der Waals surface area contributed by atoms with Crippen LogP contribution in [-0.2, 0) is 4.74 Å². The number of nitrogens with one attached hydrogen (secondary N) is 1. The Bertz CT molecular complexity index is 133. The van der Waals surface area contributed by atoms with Crippen molar-refractivity contribution in [1.82, 2.24) is 5.32 Å². The Morgan fingerprint density at radius 3 is 2.80 bits per heavy atom. The van der Waals surface area contributed by atoms with Gasteiger partial charge in [0.1, 0.15) is 6.23 Å². The highest BCUT2D eigenvalue weighted by atomic mass is 16.5. The van der Waals surface area contributed by atoms with E-state index in [0.29, 0.717) is 6.04 Å². The second kappa shape index (κ2) is 3.17. The molecular weight excluding hydrogens is 126 g/mol. The fraction of sp³-hybridized carbons (Fsp3) is 0.750. The van der Waals surface area contributed by atoms with Crippen molar-refractivity contribution >= 4 is 0 Å². The maximum Gasteiger partial charge on any atom is 0.130 e. The molecule has 0 amide bonds. The number of hydrogen-bond acceptors (Lipinski definition) is 2. The van der Waals surface area contributed by atoms with Gasteiger partial charge >= 0.3 is 0 Å². The Balaban J connectivity index is 2.35. The maximum atomic E-state index is 5.41. The molecule has 1 heterocycles. The fourth-order valence-electron chi connectivity index (χ4n) is 1.04. The number of ether oxygens (including phenoxy) is 1. The molecule has 1 rings (SSSR count). The highest BCUT2D eigenvalue weighted by Gasteiger charge is 2.22. The topological polar surface area (TPSA) is 21.3 Å². The van der Waals surface area contributed by atoms with Crippen LogP contribution in [0.5, 0.6) is 0 Å². The summed E-state index contributed by atoms with van der Waals surface area (Å²) < 4.78 is 5.41. The Morgan fingerprint density at radius 2 is 2.50 bits per heavy atom. The molecule has 0 radical (unpaired) electrons. The van der Waals surface area contributed by atoms with Gasteiger partial charge in [-0.25, -0.2) is 0 Å². The summed E-state index contributed by atoms with van der Waals surface area (Å²) in [4.78, 5) is 0. The van der Waals surface area contributed by atoms with Crippen molar-refractivity contribution < 1.29 is 4.74 Å². The van der Waals surface area contributed by atoms with Crippen LogP contribution in [0, 0.1) is 0 Å². The average Bonchev–Trinajstić information content (AvgIpc) is 2.34. The van der Waals surface area contributed by atoms with Crippen LogP contribution in [0.2, 0.25) is 0 Å². The Labute approximate surface area is 62.3 Å². The van der Waals surface area contributed by atoms with Gasteiger partial charge < -0.3 is 4.74 Å². The van der Waals surface area contributed by atoms with Crippen LogP contribution in [0.25, 0.3) is 0 Å². The smallest absolute Gasteiger partial charge is 0.130 e. The molecule has 10 heavy (non-hydrogen) atoms. The van der Waals surface area contributed by atoms with E-state index in [1.165, 1.54) is 0 Å². The predicted molar refractivity (Wildman–Crippen MR) is 41.8 cm³/mol. The molecule has 0 saturated carbocycles. The SMILES string of the molecule is C=C(C)C1NC(CC)CO1. The van der Waals surface area contributed by atoms with Gasteiger partial charge in [-0.15, -0.1) is 0 Å². The van der Waals surface area contributed by atoms with Crippen LogP contribution >= 0.6 is 0 Å². The maximum absolute atomic E-state index is 5.41. The summed E-state index contributed by atoms with van der Waals surface area (Å²) in [5.41, 5.74) is 1.07. The zero-order valence-corrected chi connectivity index (χ0v) is 6.68. The third kappa shape index (κ3) is 1.58. The summed E-state index contributed by atoms with van der Waals surface area (Å²) in [5, 5.41) is 3.32. The lowest BCUT2D eigenvalue weighted by Gasteiger charge is -2.09. The molecule has 2 nitrogen and oxygen atoms in total. The van der Waals surface area contributed by atoms with E-state index in [-0.39, 0.29) is 6.23 Å². The van der Waals surface area contributed by atoms with Gasteiger partial charge in [-0.2, -0.15) is 0 Å². The minimum Gasteiger partial charge on any atom is -0.358 e. The Kier molecular flexibility index (Phi) is 2.46. The summed E-state index contributed by atoms with van der Waals surface area (Å²) in [7, 11) is 0. The molecule has 1 N–H and O–H groups in total. The van der Waals surface area contributed by atoms with Crippen molar-refractivity contribution in [1.29, 1.82) is 0 Å².